The number of nitriles is 1. The highest BCUT2D eigenvalue weighted by molar-refractivity contribution is 7.95. The van der Waals surface area contributed by atoms with Gasteiger partial charge >= 0.3 is 0 Å². The number of allylic oxidation sites excluding steroid dienone is 1. The fraction of sp³-hybridized carbons (Fsp3) is 0.207. The van der Waals surface area contributed by atoms with Gasteiger partial charge in [-0.2, -0.15) is 5.26 Å². The maximum absolute atomic E-state index is 13.6. The molecule has 2 aromatic heterocycles. The first-order valence-corrected chi connectivity index (χ1v) is 13.7. The molecule has 1 aliphatic heterocycles. The van der Waals surface area contributed by atoms with Gasteiger partial charge in [-0.05, 0) is 61.1 Å². The Morgan fingerprint density at radius 3 is 2.30 bits per heavy atom. The number of anilines is 1. The van der Waals surface area contributed by atoms with Crippen molar-refractivity contribution in [2.24, 2.45) is 5.92 Å². The number of hydrogen-bond acceptors (Lipinski definition) is 6. The van der Waals surface area contributed by atoms with E-state index in [9.17, 15) is 18.5 Å². The molecule has 37 heavy (non-hydrogen) atoms. The predicted octanol–water partition coefficient (Wildman–Crippen LogP) is 4.49. The monoisotopic (exact) mass is 510 g/mol. The molecule has 1 aliphatic rings. The number of piperidine rings is 1. The van der Waals surface area contributed by atoms with Gasteiger partial charge in [0.2, 0.25) is 9.84 Å². The Morgan fingerprint density at radius 1 is 0.973 bits per heavy atom. The van der Waals surface area contributed by atoms with Crippen molar-refractivity contribution in [1.82, 2.24) is 9.38 Å². The summed E-state index contributed by atoms with van der Waals surface area (Å²) < 4.78 is 27.8. The van der Waals surface area contributed by atoms with Crippen LogP contribution in [0.25, 0.3) is 11.7 Å². The summed E-state index contributed by atoms with van der Waals surface area (Å²) in [4.78, 5) is 19.9. The van der Waals surface area contributed by atoms with Crippen LogP contribution in [0.4, 0.5) is 5.82 Å². The molecule has 1 fully saturated rings. The number of pyridine rings is 1. The van der Waals surface area contributed by atoms with Crippen molar-refractivity contribution in [3.63, 3.8) is 0 Å². The molecule has 0 unspecified atom stereocenters. The quantitative estimate of drug-likeness (QED) is 0.355. The molecule has 5 rings (SSSR count). The van der Waals surface area contributed by atoms with E-state index in [1.54, 1.807) is 42.6 Å². The molecule has 0 bridgehead atoms. The second-order valence-electron chi connectivity index (χ2n) is 9.14. The number of nitrogens with zero attached hydrogens (tertiary/aromatic N) is 4. The number of aromatic nitrogens is 2. The third-order valence-corrected chi connectivity index (χ3v) is 8.44. The second kappa shape index (κ2) is 10.4. The highest BCUT2D eigenvalue weighted by atomic mass is 32.2. The van der Waals surface area contributed by atoms with Crippen molar-refractivity contribution in [2.75, 3.05) is 18.0 Å². The maximum Gasteiger partial charge on any atom is 0.267 e. The summed E-state index contributed by atoms with van der Waals surface area (Å²) in [5.74, 6) is 0.915. The molecule has 0 atom stereocenters. The molecule has 4 aromatic rings. The van der Waals surface area contributed by atoms with Gasteiger partial charge in [-0.1, -0.05) is 54.6 Å². The Morgan fingerprint density at radius 2 is 1.62 bits per heavy atom. The number of hydrogen-bond donors (Lipinski definition) is 0. The van der Waals surface area contributed by atoms with E-state index in [4.69, 9.17) is 4.98 Å². The molecular weight excluding hydrogens is 484 g/mol. The topological polar surface area (TPSA) is 95.5 Å². The van der Waals surface area contributed by atoms with Crippen molar-refractivity contribution in [3.8, 4) is 6.07 Å². The smallest absolute Gasteiger partial charge is 0.267 e. The molecule has 0 spiro atoms. The van der Waals surface area contributed by atoms with Crippen LogP contribution in [-0.2, 0) is 16.3 Å². The molecule has 0 aliphatic carbocycles. The Bertz CT molecular complexity index is 1650. The van der Waals surface area contributed by atoms with E-state index in [2.05, 4.69) is 12.1 Å². The van der Waals surface area contributed by atoms with Crippen LogP contribution in [0.1, 0.15) is 24.0 Å². The molecule has 3 heterocycles. The first-order valence-electron chi connectivity index (χ1n) is 12.2. The molecular formula is C29H26N4O3S. The van der Waals surface area contributed by atoms with Crippen LogP contribution in [0.2, 0.25) is 0 Å². The standard InChI is InChI=1S/C29H26N4O3S/c30-21-25(37(35,36)24-11-5-2-6-12-24)20-26-28(31-27-13-7-8-16-33(27)29(26)34)32-17-14-23(15-18-32)19-22-9-3-1-4-10-22/h1-13,16,20,23H,14-15,17-19H2/b25-20+. The van der Waals surface area contributed by atoms with Gasteiger partial charge in [0.25, 0.3) is 5.56 Å². The van der Waals surface area contributed by atoms with E-state index in [-0.39, 0.29) is 10.5 Å². The van der Waals surface area contributed by atoms with Gasteiger partial charge in [-0.25, -0.2) is 13.4 Å². The van der Waals surface area contributed by atoms with E-state index in [1.807, 2.05) is 29.2 Å². The Labute approximate surface area is 215 Å². The minimum Gasteiger partial charge on any atom is -0.356 e. The molecule has 0 amide bonds. The normalized spacial score (nSPS) is 15.0. The summed E-state index contributed by atoms with van der Waals surface area (Å²) in [7, 11) is -4.10. The summed E-state index contributed by atoms with van der Waals surface area (Å²) in [6.07, 6.45) is 5.60. The number of fused-ring (bicyclic) bond motifs is 1. The minimum absolute atomic E-state index is 0.0000679. The van der Waals surface area contributed by atoms with E-state index in [1.165, 1.54) is 28.2 Å². The molecule has 8 heteroatoms. The van der Waals surface area contributed by atoms with Crippen molar-refractivity contribution in [2.45, 2.75) is 24.2 Å². The van der Waals surface area contributed by atoms with Gasteiger partial charge in [0, 0.05) is 19.3 Å². The molecule has 0 saturated carbocycles. The largest absolute Gasteiger partial charge is 0.356 e. The van der Waals surface area contributed by atoms with Gasteiger partial charge < -0.3 is 4.90 Å². The van der Waals surface area contributed by atoms with Crippen LogP contribution >= 0.6 is 0 Å². The third-order valence-electron chi connectivity index (χ3n) is 6.76. The molecule has 186 valence electrons. The first kappa shape index (κ1) is 24.5. The van der Waals surface area contributed by atoms with Crippen LogP contribution in [0.15, 0.2) is 99.7 Å². The summed E-state index contributed by atoms with van der Waals surface area (Å²) in [6, 6.07) is 25.2. The lowest BCUT2D eigenvalue weighted by Gasteiger charge is -2.33. The van der Waals surface area contributed by atoms with Gasteiger partial charge in [0.1, 0.15) is 22.4 Å². The fourth-order valence-corrected chi connectivity index (χ4v) is 5.94. The summed E-state index contributed by atoms with van der Waals surface area (Å²) in [5.41, 5.74) is 1.45. The molecule has 1 saturated heterocycles. The average molecular weight is 511 g/mol. The highest BCUT2D eigenvalue weighted by Crippen LogP contribution is 2.29. The lowest BCUT2D eigenvalue weighted by atomic mass is 9.90. The zero-order chi connectivity index (χ0) is 25.8. The van der Waals surface area contributed by atoms with Crippen molar-refractivity contribution in [1.29, 1.82) is 5.26 Å². The Kier molecular flexibility index (Phi) is 6.89. The summed E-state index contributed by atoms with van der Waals surface area (Å²) in [6.45, 7) is 1.36. The molecule has 2 aromatic carbocycles. The van der Waals surface area contributed by atoms with Gasteiger partial charge in [0.15, 0.2) is 0 Å². The Balaban J connectivity index is 1.53. The molecule has 7 nitrogen and oxygen atoms in total. The zero-order valence-electron chi connectivity index (χ0n) is 20.2. The number of rotatable bonds is 6. The van der Waals surface area contributed by atoms with Gasteiger partial charge in [-0.3, -0.25) is 9.20 Å². The van der Waals surface area contributed by atoms with Crippen LogP contribution in [0.5, 0.6) is 0 Å². The van der Waals surface area contributed by atoms with E-state index >= 15 is 0 Å². The summed E-state index contributed by atoms with van der Waals surface area (Å²) >= 11 is 0. The molecule has 0 radical (unpaired) electrons. The average Bonchev–Trinajstić information content (AvgIpc) is 2.94. The Hall–Kier alpha value is -4.22. The lowest BCUT2D eigenvalue weighted by Crippen LogP contribution is -2.37. The van der Waals surface area contributed by atoms with E-state index in [0.717, 1.165) is 19.3 Å². The predicted molar refractivity (Wildman–Crippen MR) is 144 cm³/mol. The van der Waals surface area contributed by atoms with Crippen LogP contribution in [0.3, 0.4) is 0 Å². The van der Waals surface area contributed by atoms with Gasteiger partial charge in [-0.15, -0.1) is 0 Å². The summed E-state index contributed by atoms with van der Waals surface area (Å²) in [5, 5.41) is 9.82. The van der Waals surface area contributed by atoms with E-state index in [0.29, 0.717) is 30.5 Å². The van der Waals surface area contributed by atoms with Crippen molar-refractivity contribution >= 4 is 27.4 Å². The van der Waals surface area contributed by atoms with Crippen LogP contribution in [0, 0.1) is 17.2 Å². The van der Waals surface area contributed by atoms with Crippen molar-refractivity contribution < 1.29 is 8.42 Å². The van der Waals surface area contributed by atoms with Crippen molar-refractivity contribution in [3.05, 3.63) is 111 Å². The highest BCUT2D eigenvalue weighted by Gasteiger charge is 2.26. The maximum atomic E-state index is 13.6. The van der Waals surface area contributed by atoms with E-state index < -0.39 is 20.3 Å². The fourth-order valence-electron chi connectivity index (χ4n) is 4.78. The molecule has 0 N–H and O–H groups in total. The zero-order valence-corrected chi connectivity index (χ0v) is 21.0. The SMILES string of the molecule is N#C/C(=C\c1c(N2CCC(Cc3ccccc3)CC2)nc2ccccn2c1=O)S(=O)(=O)c1ccccc1. The van der Waals surface area contributed by atoms with Crippen LogP contribution < -0.4 is 10.5 Å². The number of benzene rings is 2. The lowest BCUT2D eigenvalue weighted by molar-refractivity contribution is 0.402. The second-order valence-corrected chi connectivity index (χ2v) is 11.1. The van der Waals surface area contributed by atoms with Gasteiger partial charge in [0.05, 0.1) is 10.5 Å². The number of sulfone groups is 1. The first-order chi connectivity index (χ1) is 18.0. The minimum atomic E-state index is -4.10. The van der Waals surface area contributed by atoms with Crippen LogP contribution in [-0.4, -0.2) is 30.9 Å². The third kappa shape index (κ3) is 5.04.